The van der Waals surface area contributed by atoms with Crippen LogP contribution in [-0.2, 0) is 11.3 Å². The first-order valence-electron chi connectivity index (χ1n) is 9.27. The number of hydrazone groups is 1. The number of ether oxygens (including phenoxy) is 2. The van der Waals surface area contributed by atoms with Gasteiger partial charge in [-0.2, -0.15) is 13.9 Å². The van der Waals surface area contributed by atoms with Crippen LogP contribution in [0.4, 0.5) is 14.5 Å². The maximum atomic E-state index is 12.8. The fraction of sp³-hybridized carbons (Fsp3) is 0.333. The molecule has 0 fully saturated rings. The molecule has 1 aliphatic rings. The number of carbonyl (C=O) groups is 1. The van der Waals surface area contributed by atoms with Gasteiger partial charge in [-0.3, -0.25) is 4.79 Å². The van der Waals surface area contributed by atoms with Crippen LogP contribution in [0, 0.1) is 5.92 Å². The summed E-state index contributed by atoms with van der Waals surface area (Å²) in [6.07, 6.45) is 0.985. The van der Waals surface area contributed by atoms with Gasteiger partial charge in [0.15, 0.2) is 11.5 Å². The molecular weight excluding hydrogens is 380 g/mol. The summed E-state index contributed by atoms with van der Waals surface area (Å²) in [6, 6.07) is 12.0. The predicted molar refractivity (Wildman–Crippen MR) is 106 cm³/mol. The number of alkyl halides is 2. The predicted octanol–water partition coefficient (Wildman–Crippen LogP) is 4.04. The molecule has 6 nitrogen and oxygen atoms in total. The third-order valence-electron chi connectivity index (χ3n) is 4.80. The number of anilines is 1. The summed E-state index contributed by atoms with van der Waals surface area (Å²) in [6.45, 7) is -0.711. The zero-order chi connectivity index (χ0) is 21.0. The standard InChI is InChI=1S/C21H23F2N3O3/c1-3-14-11-19(27)26(12-13-4-7-16(24)8-5-13)25-20(14)15-6-9-17(28-2)18(10-15)29-21(22)23/h4-10,14,21H,3,11-12,24H2,1-2H3. The molecule has 0 radical (unpaired) electrons. The fourth-order valence-corrected chi connectivity index (χ4v) is 3.26. The number of nitrogens with zero attached hydrogens (tertiary/aromatic N) is 2. The topological polar surface area (TPSA) is 77.2 Å². The Bertz CT molecular complexity index is 901. The maximum Gasteiger partial charge on any atom is 0.387 e. The number of amides is 1. The van der Waals surface area contributed by atoms with E-state index in [0.717, 1.165) is 5.56 Å². The molecule has 1 atom stereocenters. The van der Waals surface area contributed by atoms with E-state index in [1.807, 2.05) is 19.1 Å². The van der Waals surface area contributed by atoms with E-state index in [-0.39, 0.29) is 23.3 Å². The molecule has 1 unspecified atom stereocenters. The fourth-order valence-electron chi connectivity index (χ4n) is 3.26. The smallest absolute Gasteiger partial charge is 0.387 e. The van der Waals surface area contributed by atoms with Crippen LogP contribution in [0.2, 0.25) is 0 Å². The minimum absolute atomic E-state index is 0.0699. The second-order valence-corrected chi connectivity index (χ2v) is 6.73. The number of hydrogen-bond acceptors (Lipinski definition) is 5. The molecule has 1 amide bonds. The number of methoxy groups -OCH3 is 1. The summed E-state index contributed by atoms with van der Waals surface area (Å²) in [4.78, 5) is 12.6. The van der Waals surface area contributed by atoms with Gasteiger partial charge < -0.3 is 15.2 Å². The molecule has 0 aromatic heterocycles. The van der Waals surface area contributed by atoms with E-state index in [9.17, 15) is 13.6 Å². The first-order chi connectivity index (χ1) is 13.9. The largest absolute Gasteiger partial charge is 0.493 e. The van der Waals surface area contributed by atoms with Gasteiger partial charge in [-0.05, 0) is 42.3 Å². The third-order valence-corrected chi connectivity index (χ3v) is 4.80. The van der Waals surface area contributed by atoms with Crippen molar-refractivity contribution in [3.63, 3.8) is 0 Å². The van der Waals surface area contributed by atoms with Gasteiger partial charge in [0.05, 0.1) is 19.4 Å². The van der Waals surface area contributed by atoms with E-state index in [1.54, 1.807) is 24.3 Å². The van der Waals surface area contributed by atoms with Crippen molar-refractivity contribution in [3.05, 3.63) is 53.6 Å². The molecule has 154 valence electrons. The first-order valence-corrected chi connectivity index (χ1v) is 9.27. The Kier molecular flexibility index (Phi) is 6.31. The van der Waals surface area contributed by atoms with Crippen LogP contribution in [0.5, 0.6) is 11.5 Å². The number of nitrogen functional groups attached to an aromatic ring is 1. The minimum Gasteiger partial charge on any atom is -0.493 e. The molecule has 1 aliphatic heterocycles. The summed E-state index contributed by atoms with van der Waals surface area (Å²) >= 11 is 0. The van der Waals surface area contributed by atoms with Crippen molar-refractivity contribution in [2.75, 3.05) is 12.8 Å². The van der Waals surface area contributed by atoms with Crippen molar-refractivity contribution in [1.29, 1.82) is 0 Å². The number of benzene rings is 2. The average molecular weight is 403 g/mol. The summed E-state index contributed by atoms with van der Waals surface area (Å²) in [5.41, 5.74) is 8.51. The van der Waals surface area contributed by atoms with Gasteiger partial charge in [-0.15, -0.1) is 0 Å². The van der Waals surface area contributed by atoms with Crippen LogP contribution >= 0.6 is 0 Å². The molecule has 0 spiro atoms. The highest BCUT2D eigenvalue weighted by Gasteiger charge is 2.30. The van der Waals surface area contributed by atoms with Crippen molar-refractivity contribution in [2.24, 2.45) is 11.0 Å². The molecular formula is C21H23F2N3O3. The molecule has 8 heteroatoms. The monoisotopic (exact) mass is 403 g/mol. The molecule has 2 aromatic carbocycles. The molecule has 1 heterocycles. The van der Waals surface area contributed by atoms with Crippen molar-refractivity contribution in [1.82, 2.24) is 5.01 Å². The van der Waals surface area contributed by atoms with Crippen molar-refractivity contribution in [2.45, 2.75) is 32.9 Å². The Morgan fingerprint density at radius 3 is 2.55 bits per heavy atom. The molecule has 3 rings (SSSR count). The van der Waals surface area contributed by atoms with E-state index < -0.39 is 6.61 Å². The summed E-state index contributed by atoms with van der Waals surface area (Å²) in [7, 11) is 1.38. The van der Waals surface area contributed by atoms with Gasteiger partial charge in [0.1, 0.15) is 0 Å². The van der Waals surface area contributed by atoms with E-state index in [4.69, 9.17) is 10.5 Å². The third kappa shape index (κ3) is 4.82. The van der Waals surface area contributed by atoms with Crippen LogP contribution in [0.3, 0.4) is 0 Å². The second-order valence-electron chi connectivity index (χ2n) is 6.73. The lowest BCUT2D eigenvalue weighted by Gasteiger charge is -2.29. The van der Waals surface area contributed by atoms with Gasteiger partial charge in [-0.25, -0.2) is 5.01 Å². The quantitative estimate of drug-likeness (QED) is 0.708. The summed E-state index contributed by atoms with van der Waals surface area (Å²) in [5, 5.41) is 5.97. The number of nitrogens with two attached hydrogens (primary N) is 1. The lowest BCUT2D eigenvalue weighted by atomic mass is 9.89. The molecule has 0 saturated carbocycles. The van der Waals surface area contributed by atoms with Gasteiger partial charge >= 0.3 is 6.61 Å². The van der Waals surface area contributed by atoms with Crippen molar-refractivity contribution in [3.8, 4) is 11.5 Å². The normalized spacial score (nSPS) is 16.7. The molecule has 2 N–H and O–H groups in total. The first kappa shape index (κ1) is 20.6. The van der Waals surface area contributed by atoms with E-state index in [0.29, 0.717) is 36.3 Å². The van der Waals surface area contributed by atoms with Crippen LogP contribution in [0.15, 0.2) is 47.6 Å². The highest BCUT2D eigenvalue weighted by molar-refractivity contribution is 6.06. The molecule has 29 heavy (non-hydrogen) atoms. The number of hydrogen-bond donors (Lipinski definition) is 1. The zero-order valence-corrected chi connectivity index (χ0v) is 16.3. The Morgan fingerprint density at radius 2 is 1.93 bits per heavy atom. The Morgan fingerprint density at radius 1 is 1.21 bits per heavy atom. The Labute approximate surface area is 167 Å². The highest BCUT2D eigenvalue weighted by atomic mass is 19.3. The van der Waals surface area contributed by atoms with Gasteiger partial charge in [0.2, 0.25) is 5.91 Å². The van der Waals surface area contributed by atoms with Crippen molar-refractivity contribution < 1.29 is 23.0 Å². The van der Waals surface area contributed by atoms with Crippen LogP contribution in [0.25, 0.3) is 0 Å². The molecule has 2 aromatic rings. The lowest BCUT2D eigenvalue weighted by molar-refractivity contribution is -0.133. The SMILES string of the molecule is CCC1CC(=O)N(Cc2ccc(N)cc2)N=C1c1ccc(OC)c(OC(F)F)c1. The molecule has 0 bridgehead atoms. The molecule has 0 saturated heterocycles. The minimum atomic E-state index is -2.97. The summed E-state index contributed by atoms with van der Waals surface area (Å²) in [5.74, 6) is -0.0687. The van der Waals surface area contributed by atoms with Gasteiger partial charge in [0, 0.05) is 23.6 Å². The van der Waals surface area contributed by atoms with E-state index in [2.05, 4.69) is 9.84 Å². The molecule has 0 aliphatic carbocycles. The van der Waals surface area contributed by atoms with Crippen molar-refractivity contribution >= 4 is 17.3 Å². The number of rotatable bonds is 7. The van der Waals surface area contributed by atoms with Crippen LogP contribution in [0.1, 0.15) is 30.9 Å². The highest BCUT2D eigenvalue weighted by Crippen LogP contribution is 2.33. The van der Waals surface area contributed by atoms with Gasteiger partial charge in [0.25, 0.3) is 0 Å². The van der Waals surface area contributed by atoms with E-state index in [1.165, 1.54) is 18.2 Å². The second kappa shape index (κ2) is 8.89. The van der Waals surface area contributed by atoms with Crippen LogP contribution < -0.4 is 15.2 Å². The zero-order valence-electron chi connectivity index (χ0n) is 16.3. The number of halogens is 2. The van der Waals surface area contributed by atoms with Crippen LogP contribution in [-0.4, -0.2) is 30.3 Å². The van der Waals surface area contributed by atoms with Gasteiger partial charge in [-0.1, -0.05) is 19.1 Å². The number of carbonyl (C=O) groups excluding carboxylic acids is 1. The average Bonchev–Trinajstić information content (AvgIpc) is 2.70. The Hall–Kier alpha value is -3.16. The Balaban J connectivity index is 1.95. The van der Waals surface area contributed by atoms with E-state index >= 15 is 0 Å². The summed E-state index contributed by atoms with van der Waals surface area (Å²) < 4.78 is 35.2. The maximum absolute atomic E-state index is 12.8. The lowest BCUT2D eigenvalue weighted by Crippen LogP contribution is -2.36.